The third kappa shape index (κ3) is 2.42. The Morgan fingerprint density at radius 1 is 1.11 bits per heavy atom. The van der Waals surface area contributed by atoms with Crippen molar-refractivity contribution in [2.45, 2.75) is 18.0 Å². The highest BCUT2D eigenvalue weighted by Crippen LogP contribution is 2.21. The molecule has 1 aromatic carbocycles. The van der Waals surface area contributed by atoms with Gasteiger partial charge in [0.05, 0.1) is 23.0 Å². The molecule has 0 saturated carbocycles. The lowest BCUT2D eigenvalue weighted by molar-refractivity contribution is 0.601. The van der Waals surface area contributed by atoms with Crippen LogP contribution >= 0.6 is 0 Å². The molecule has 0 bridgehead atoms. The molecule has 0 saturated heterocycles. The van der Waals surface area contributed by atoms with Crippen LogP contribution in [0.15, 0.2) is 41.8 Å². The molecule has 0 unspecified atom stereocenters. The van der Waals surface area contributed by atoms with Gasteiger partial charge < -0.3 is 5.32 Å². The van der Waals surface area contributed by atoms with Gasteiger partial charge in [-0.2, -0.15) is 0 Å². The van der Waals surface area contributed by atoms with Gasteiger partial charge in [0.1, 0.15) is 6.33 Å². The third-order valence-electron chi connectivity index (χ3n) is 2.93. The molecule has 2 aromatic rings. The SMILES string of the molecule is O=S(=O)(Nc1cncnc1)c1ccc2c(c1)CNC2. The van der Waals surface area contributed by atoms with Gasteiger partial charge in [-0.1, -0.05) is 6.07 Å². The van der Waals surface area contributed by atoms with Gasteiger partial charge in [-0.3, -0.25) is 4.72 Å². The molecule has 1 aliphatic heterocycles. The van der Waals surface area contributed by atoms with E-state index >= 15 is 0 Å². The number of nitrogens with zero attached hydrogens (tertiary/aromatic N) is 2. The van der Waals surface area contributed by atoms with Gasteiger partial charge in [0.25, 0.3) is 10.0 Å². The molecule has 1 aromatic heterocycles. The fourth-order valence-corrected chi connectivity index (χ4v) is 3.08. The van der Waals surface area contributed by atoms with Crippen molar-refractivity contribution in [3.63, 3.8) is 0 Å². The number of benzene rings is 1. The highest BCUT2D eigenvalue weighted by Gasteiger charge is 2.18. The van der Waals surface area contributed by atoms with Crippen LogP contribution < -0.4 is 10.0 Å². The zero-order valence-corrected chi connectivity index (χ0v) is 10.8. The Hall–Kier alpha value is -1.99. The Bertz CT molecular complexity index is 701. The van der Waals surface area contributed by atoms with Crippen LogP contribution in [0.4, 0.5) is 5.69 Å². The normalized spacial score (nSPS) is 14.1. The minimum Gasteiger partial charge on any atom is -0.309 e. The highest BCUT2D eigenvalue weighted by atomic mass is 32.2. The first-order chi connectivity index (χ1) is 9.15. The van der Waals surface area contributed by atoms with Crippen molar-refractivity contribution in [1.82, 2.24) is 15.3 Å². The van der Waals surface area contributed by atoms with Gasteiger partial charge in [-0.15, -0.1) is 0 Å². The summed E-state index contributed by atoms with van der Waals surface area (Å²) in [7, 11) is -3.59. The van der Waals surface area contributed by atoms with E-state index in [0.717, 1.165) is 17.7 Å². The summed E-state index contributed by atoms with van der Waals surface area (Å²) in [5.74, 6) is 0. The Morgan fingerprint density at radius 3 is 2.63 bits per heavy atom. The summed E-state index contributed by atoms with van der Waals surface area (Å²) in [6, 6.07) is 5.14. The predicted molar refractivity (Wildman–Crippen MR) is 69.8 cm³/mol. The molecule has 98 valence electrons. The van der Waals surface area contributed by atoms with Crippen LogP contribution in [0.5, 0.6) is 0 Å². The largest absolute Gasteiger partial charge is 0.309 e. The zero-order chi connectivity index (χ0) is 13.3. The molecule has 2 heterocycles. The number of anilines is 1. The Labute approximate surface area is 111 Å². The molecule has 0 atom stereocenters. The van der Waals surface area contributed by atoms with Gasteiger partial charge in [0.2, 0.25) is 0 Å². The highest BCUT2D eigenvalue weighted by molar-refractivity contribution is 7.92. The average Bonchev–Trinajstić information content (AvgIpc) is 2.86. The molecule has 0 fully saturated rings. The smallest absolute Gasteiger partial charge is 0.262 e. The lowest BCUT2D eigenvalue weighted by Crippen LogP contribution is -2.13. The first-order valence-corrected chi connectivity index (χ1v) is 7.24. The number of aromatic nitrogens is 2. The lowest BCUT2D eigenvalue weighted by atomic mass is 10.1. The minimum absolute atomic E-state index is 0.249. The number of fused-ring (bicyclic) bond motifs is 1. The van der Waals surface area contributed by atoms with Crippen molar-refractivity contribution in [3.05, 3.63) is 48.0 Å². The molecule has 0 radical (unpaired) electrons. The number of rotatable bonds is 3. The molecule has 2 N–H and O–H groups in total. The van der Waals surface area contributed by atoms with Gasteiger partial charge >= 0.3 is 0 Å². The van der Waals surface area contributed by atoms with E-state index in [2.05, 4.69) is 20.0 Å². The fraction of sp³-hybridized carbons (Fsp3) is 0.167. The van der Waals surface area contributed by atoms with Crippen LogP contribution in [0.3, 0.4) is 0 Å². The van der Waals surface area contributed by atoms with E-state index in [9.17, 15) is 8.42 Å². The van der Waals surface area contributed by atoms with Crippen molar-refractivity contribution < 1.29 is 8.42 Å². The van der Waals surface area contributed by atoms with Crippen molar-refractivity contribution >= 4 is 15.7 Å². The van der Waals surface area contributed by atoms with Crippen molar-refractivity contribution in [2.75, 3.05) is 4.72 Å². The van der Waals surface area contributed by atoms with E-state index in [-0.39, 0.29) is 4.90 Å². The molecule has 3 rings (SSSR count). The third-order valence-corrected chi connectivity index (χ3v) is 4.31. The quantitative estimate of drug-likeness (QED) is 0.869. The second kappa shape index (κ2) is 4.60. The maximum atomic E-state index is 12.2. The summed E-state index contributed by atoms with van der Waals surface area (Å²) in [6.07, 6.45) is 4.18. The predicted octanol–water partition coefficient (Wildman–Crippen LogP) is 0.881. The van der Waals surface area contributed by atoms with Crippen LogP contribution in [0.25, 0.3) is 0 Å². The van der Waals surface area contributed by atoms with Gasteiger partial charge in [-0.25, -0.2) is 18.4 Å². The summed E-state index contributed by atoms with van der Waals surface area (Å²) >= 11 is 0. The van der Waals surface area contributed by atoms with Crippen molar-refractivity contribution in [3.8, 4) is 0 Å². The maximum absolute atomic E-state index is 12.2. The van der Waals surface area contributed by atoms with Crippen molar-refractivity contribution in [1.29, 1.82) is 0 Å². The minimum atomic E-state index is -3.59. The van der Waals surface area contributed by atoms with Crippen LogP contribution in [0.1, 0.15) is 11.1 Å². The fourth-order valence-electron chi connectivity index (χ4n) is 2.00. The second-order valence-electron chi connectivity index (χ2n) is 4.27. The molecule has 0 aliphatic carbocycles. The molecule has 0 spiro atoms. The number of hydrogen-bond acceptors (Lipinski definition) is 5. The molecule has 0 amide bonds. The van der Waals surface area contributed by atoms with Gasteiger partial charge in [0, 0.05) is 13.1 Å². The Kier molecular flexibility index (Phi) is 2.92. The lowest BCUT2D eigenvalue weighted by Gasteiger charge is -2.08. The van der Waals surface area contributed by atoms with E-state index < -0.39 is 10.0 Å². The van der Waals surface area contributed by atoms with Gasteiger partial charge in [-0.05, 0) is 23.3 Å². The first kappa shape index (κ1) is 12.1. The van der Waals surface area contributed by atoms with E-state index in [1.54, 1.807) is 12.1 Å². The topological polar surface area (TPSA) is 84.0 Å². The zero-order valence-electron chi connectivity index (χ0n) is 10.00. The van der Waals surface area contributed by atoms with Crippen LogP contribution in [0, 0.1) is 0 Å². The second-order valence-corrected chi connectivity index (χ2v) is 5.95. The average molecular weight is 276 g/mol. The summed E-state index contributed by atoms with van der Waals surface area (Å²) in [5, 5.41) is 3.18. The molecule has 1 aliphatic rings. The van der Waals surface area contributed by atoms with Crippen molar-refractivity contribution in [2.24, 2.45) is 0 Å². The van der Waals surface area contributed by atoms with Crippen LogP contribution in [0.2, 0.25) is 0 Å². The molecule has 19 heavy (non-hydrogen) atoms. The summed E-state index contributed by atoms with van der Waals surface area (Å²) < 4.78 is 26.9. The maximum Gasteiger partial charge on any atom is 0.262 e. The first-order valence-electron chi connectivity index (χ1n) is 5.75. The molecule has 7 heteroatoms. The van der Waals surface area contributed by atoms with E-state index in [0.29, 0.717) is 12.2 Å². The van der Waals surface area contributed by atoms with Gasteiger partial charge in [0.15, 0.2) is 0 Å². The molecule has 6 nitrogen and oxygen atoms in total. The summed E-state index contributed by atoms with van der Waals surface area (Å²) in [5.41, 5.74) is 2.51. The number of sulfonamides is 1. The van der Waals surface area contributed by atoms with E-state index in [1.807, 2.05) is 6.07 Å². The number of hydrogen-bond donors (Lipinski definition) is 2. The van der Waals surface area contributed by atoms with Crippen LogP contribution in [-0.2, 0) is 23.1 Å². The monoisotopic (exact) mass is 276 g/mol. The molecular formula is C12H12N4O2S. The Balaban J connectivity index is 1.92. The summed E-state index contributed by atoms with van der Waals surface area (Å²) in [6.45, 7) is 1.49. The standard InChI is InChI=1S/C12H12N4O2S/c17-19(18,16-11-6-14-8-15-7-11)12-2-1-9-4-13-5-10(9)3-12/h1-3,6-8,13,16H,4-5H2. The van der Waals surface area contributed by atoms with E-state index in [4.69, 9.17) is 0 Å². The summed E-state index contributed by atoms with van der Waals surface area (Å²) in [4.78, 5) is 7.79. The van der Waals surface area contributed by atoms with Crippen LogP contribution in [-0.4, -0.2) is 18.4 Å². The number of nitrogens with one attached hydrogen (secondary N) is 2. The Morgan fingerprint density at radius 2 is 1.84 bits per heavy atom. The molecular weight excluding hydrogens is 264 g/mol. The van der Waals surface area contributed by atoms with E-state index in [1.165, 1.54) is 18.7 Å².